The van der Waals surface area contributed by atoms with Crippen molar-refractivity contribution in [1.82, 2.24) is 10.3 Å². The molecule has 1 aliphatic rings. The Morgan fingerprint density at radius 1 is 1.03 bits per heavy atom. The maximum atomic E-state index is 12.3. The normalized spacial score (nSPS) is 14.1. The van der Waals surface area contributed by atoms with E-state index in [-0.39, 0.29) is 25.0 Å². The first-order valence-electron chi connectivity index (χ1n) is 11.3. The first kappa shape index (κ1) is 25.2. The van der Waals surface area contributed by atoms with Crippen molar-refractivity contribution in [3.63, 3.8) is 0 Å². The number of ether oxygens (including phenoxy) is 3. The number of aryl methyl sites for hydroxylation is 2. The highest BCUT2D eigenvalue weighted by molar-refractivity contribution is 5.92. The number of nitrogens with one attached hydrogen (secondary N) is 2. The predicted molar refractivity (Wildman–Crippen MR) is 131 cm³/mol. The van der Waals surface area contributed by atoms with Gasteiger partial charge in [0, 0.05) is 18.8 Å². The van der Waals surface area contributed by atoms with Gasteiger partial charge in [0.2, 0.25) is 0 Å². The summed E-state index contributed by atoms with van der Waals surface area (Å²) < 4.78 is 16.6. The van der Waals surface area contributed by atoms with Gasteiger partial charge >= 0.3 is 0 Å². The van der Waals surface area contributed by atoms with E-state index in [0.717, 1.165) is 35.5 Å². The van der Waals surface area contributed by atoms with Crippen molar-refractivity contribution in [2.75, 3.05) is 51.4 Å². The van der Waals surface area contributed by atoms with Crippen molar-refractivity contribution >= 4 is 23.7 Å². The van der Waals surface area contributed by atoms with Crippen LogP contribution in [0.4, 0.5) is 5.69 Å². The second-order valence-corrected chi connectivity index (χ2v) is 7.96. The lowest BCUT2D eigenvalue weighted by Gasteiger charge is -2.25. The van der Waals surface area contributed by atoms with Gasteiger partial charge in [-0.1, -0.05) is 6.07 Å². The summed E-state index contributed by atoms with van der Waals surface area (Å²) in [5, 5.41) is 6.86. The Bertz CT molecular complexity index is 1020. The molecule has 0 aliphatic carbocycles. The molecule has 9 nitrogen and oxygen atoms in total. The molecule has 182 valence electrons. The SMILES string of the molecule is CCOc1cc(/C=N\NC(=O)CN2CCOCC2)ccc1OCC(=O)Nc1ccc(C)c(C)c1. The van der Waals surface area contributed by atoms with Gasteiger partial charge in [-0.25, -0.2) is 5.43 Å². The monoisotopic (exact) mass is 468 g/mol. The van der Waals surface area contributed by atoms with Crippen LogP contribution in [0.1, 0.15) is 23.6 Å². The minimum Gasteiger partial charge on any atom is -0.490 e. The lowest BCUT2D eigenvalue weighted by molar-refractivity contribution is -0.123. The van der Waals surface area contributed by atoms with Gasteiger partial charge < -0.3 is 19.5 Å². The van der Waals surface area contributed by atoms with Crippen LogP contribution in [-0.4, -0.2) is 69.0 Å². The van der Waals surface area contributed by atoms with Gasteiger partial charge in [-0.05, 0) is 67.8 Å². The summed E-state index contributed by atoms with van der Waals surface area (Å²) in [6, 6.07) is 11.0. The zero-order valence-corrected chi connectivity index (χ0v) is 19.9. The average Bonchev–Trinajstić information content (AvgIpc) is 2.82. The predicted octanol–water partition coefficient (Wildman–Crippen LogP) is 2.50. The van der Waals surface area contributed by atoms with Crippen LogP contribution in [0.5, 0.6) is 11.5 Å². The molecule has 1 fully saturated rings. The summed E-state index contributed by atoms with van der Waals surface area (Å²) in [6.07, 6.45) is 1.54. The smallest absolute Gasteiger partial charge is 0.262 e. The Balaban J connectivity index is 1.53. The molecule has 34 heavy (non-hydrogen) atoms. The van der Waals surface area contributed by atoms with Crippen LogP contribution in [0.25, 0.3) is 0 Å². The maximum absolute atomic E-state index is 12.3. The lowest BCUT2D eigenvalue weighted by atomic mass is 10.1. The van der Waals surface area contributed by atoms with Gasteiger partial charge in [0.05, 0.1) is 32.6 Å². The number of hydrogen-bond donors (Lipinski definition) is 2. The second kappa shape index (κ2) is 12.7. The molecule has 1 heterocycles. The molecule has 0 radical (unpaired) electrons. The summed E-state index contributed by atoms with van der Waals surface area (Å²) in [5.41, 5.74) is 6.25. The quantitative estimate of drug-likeness (QED) is 0.410. The van der Waals surface area contributed by atoms with Crippen LogP contribution < -0.4 is 20.2 Å². The molecule has 1 saturated heterocycles. The largest absolute Gasteiger partial charge is 0.490 e. The Labute approximate surface area is 200 Å². The minimum atomic E-state index is -0.265. The molecule has 3 rings (SSSR count). The molecule has 2 aromatic rings. The molecule has 0 saturated carbocycles. The molecule has 2 N–H and O–H groups in total. The highest BCUT2D eigenvalue weighted by Crippen LogP contribution is 2.28. The maximum Gasteiger partial charge on any atom is 0.262 e. The number of rotatable bonds is 10. The number of morpholine rings is 1. The molecule has 2 amide bonds. The van der Waals surface area contributed by atoms with Gasteiger partial charge in [0.15, 0.2) is 18.1 Å². The van der Waals surface area contributed by atoms with E-state index in [1.54, 1.807) is 18.2 Å². The van der Waals surface area contributed by atoms with Crippen molar-refractivity contribution in [2.24, 2.45) is 5.10 Å². The molecule has 1 aliphatic heterocycles. The molecule has 0 bridgehead atoms. The van der Waals surface area contributed by atoms with Crippen LogP contribution in [-0.2, 0) is 14.3 Å². The third-order valence-corrected chi connectivity index (χ3v) is 5.29. The first-order chi connectivity index (χ1) is 16.4. The fourth-order valence-electron chi connectivity index (χ4n) is 3.33. The first-order valence-corrected chi connectivity index (χ1v) is 11.3. The number of benzene rings is 2. The Morgan fingerprint density at radius 3 is 2.56 bits per heavy atom. The Morgan fingerprint density at radius 2 is 1.82 bits per heavy atom. The summed E-state index contributed by atoms with van der Waals surface area (Å²) in [5.74, 6) is 0.493. The summed E-state index contributed by atoms with van der Waals surface area (Å²) in [6.45, 7) is 9.18. The fourth-order valence-corrected chi connectivity index (χ4v) is 3.33. The van der Waals surface area contributed by atoms with Crippen LogP contribution in [0.2, 0.25) is 0 Å². The van der Waals surface area contributed by atoms with E-state index in [9.17, 15) is 9.59 Å². The van der Waals surface area contributed by atoms with Crippen LogP contribution in [0.3, 0.4) is 0 Å². The van der Waals surface area contributed by atoms with E-state index in [1.807, 2.05) is 43.9 Å². The number of amides is 2. The van der Waals surface area contributed by atoms with Crippen molar-refractivity contribution in [2.45, 2.75) is 20.8 Å². The Kier molecular flexibility index (Phi) is 9.42. The van der Waals surface area contributed by atoms with E-state index < -0.39 is 0 Å². The second-order valence-electron chi connectivity index (χ2n) is 7.96. The lowest BCUT2D eigenvalue weighted by Crippen LogP contribution is -2.42. The van der Waals surface area contributed by atoms with Gasteiger partial charge in [0.1, 0.15) is 0 Å². The van der Waals surface area contributed by atoms with Crippen LogP contribution in [0.15, 0.2) is 41.5 Å². The highest BCUT2D eigenvalue weighted by atomic mass is 16.5. The molecule has 0 unspecified atom stereocenters. The number of hydrogen-bond acceptors (Lipinski definition) is 7. The van der Waals surface area contributed by atoms with Crippen LogP contribution in [0, 0.1) is 13.8 Å². The molecular weight excluding hydrogens is 436 g/mol. The molecule has 9 heteroatoms. The molecule has 0 atom stereocenters. The minimum absolute atomic E-state index is 0.155. The van der Waals surface area contributed by atoms with E-state index in [4.69, 9.17) is 14.2 Å². The Hall–Kier alpha value is -3.43. The highest BCUT2D eigenvalue weighted by Gasteiger charge is 2.14. The summed E-state index contributed by atoms with van der Waals surface area (Å²) >= 11 is 0. The topological polar surface area (TPSA) is 101 Å². The third kappa shape index (κ3) is 7.86. The van der Waals surface area contributed by atoms with Gasteiger partial charge in [-0.2, -0.15) is 5.10 Å². The molecule has 0 aromatic heterocycles. The number of carbonyl (C=O) groups is 2. The van der Waals surface area contributed by atoms with Crippen molar-refractivity contribution < 1.29 is 23.8 Å². The zero-order chi connectivity index (χ0) is 24.3. The fraction of sp³-hybridized carbons (Fsp3) is 0.400. The number of carbonyl (C=O) groups excluding carboxylic acids is 2. The molecular formula is C25H32N4O5. The van der Waals surface area contributed by atoms with Crippen molar-refractivity contribution in [1.29, 1.82) is 0 Å². The average molecular weight is 469 g/mol. The van der Waals surface area contributed by atoms with Gasteiger partial charge in [-0.15, -0.1) is 0 Å². The zero-order valence-electron chi connectivity index (χ0n) is 19.9. The van der Waals surface area contributed by atoms with E-state index >= 15 is 0 Å². The number of nitrogens with zero attached hydrogens (tertiary/aromatic N) is 2. The molecule has 2 aromatic carbocycles. The van der Waals surface area contributed by atoms with Crippen LogP contribution >= 0.6 is 0 Å². The van der Waals surface area contributed by atoms with Crippen molar-refractivity contribution in [3.05, 3.63) is 53.1 Å². The van der Waals surface area contributed by atoms with E-state index in [2.05, 4.69) is 15.8 Å². The van der Waals surface area contributed by atoms with Gasteiger partial charge in [-0.3, -0.25) is 14.5 Å². The molecule has 0 spiro atoms. The third-order valence-electron chi connectivity index (χ3n) is 5.29. The van der Waals surface area contributed by atoms with Gasteiger partial charge in [0.25, 0.3) is 11.8 Å². The van der Waals surface area contributed by atoms with E-state index in [0.29, 0.717) is 31.3 Å². The summed E-state index contributed by atoms with van der Waals surface area (Å²) in [7, 11) is 0. The number of hydrazone groups is 1. The number of anilines is 1. The van der Waals surface area contributed by atoms with E-state index in [1.165, 1.54) is 6.21 Å². The van der Waals surface area contributed by atoms with Crippen molar-refractivity contribution in [3.8, 4) is 11.5 Å². The standard InChI is InChI=1S/C25H32N4O5/c1-4-33-23-14-20(15-26-28-24(30)16-29-9-11-32-12-10-29)6-8-22(23)34-17-25(31)27-21-7-5-18(2)19(3)13-21/h5-8,13-15H,4,9-12,16-17H2,1-3H3,(H,27,31)(H,28,30)/b26-15-. The summed E-state index contributed by atoms with van der Waals surface area (Å²) in [4.78, 5) is 26.4.